The molecule has 0 fully saturated rings. The molecule has 0 saturated heterocycles. The largest absolute Gasteiger partial charge is 0.416 e. The van der Waals surface area contributed by atoms with Crippen molar-refractivity contribution in [1.29, 1.82) is 0 Å². The molecule has 19 heavy (non-hydrogen) atoms. The van der Waals surface area contributed by atoms with Crippen LogP contribution >= 0.6 is 15.9 Å². The lowest BCUT2D eigenvalue weighted by atomic mass is 10.1. The molecule has 0 saturated carbocycles. The lowest BCUT2D eigenvalue weighted by molar-refractivity contribution is -0.137. The van der Waals surface area contributed by atoms with Crippen molar-refractivity contribution in [2.45, 2.75) is 13.1 Å². The van der Waals surface area contributed by atoms with E-state index in [4.69, 9.17) is 4.74 Å². The first-order chi connectivity index (χ1) is 8.84. The molecule has 0 aliphatic rings. The van der Waals surface area contributed by atoms with Gasteiger partial charge in [0.15, 0.2) is 0 Å². The number of carbonyl (C=O) groups excluding carboxylic acids is 1. The summed E-state index contributed by atoms with van der Waals surface area (Å²) >= 11 is 2.78. The molecular formula is C13H12BrF3O2. The van der Waals surface area contributed by atoms with Gasteiger partial charge in [0.25, 0.3) is 0 Å². The van der Waals surface area contributed by atoms with Crippen molar-refractivity contribution in [2.75, 3.05) is 13.2 Å². The van der Waals surface area contributed by atoms with Gasteiger partial charge in [-0.1, -0.05) is 12.1 Å². The van der Waals surface area contributed by atoms with Crippen molar-refractivity contribution < 1.29 is 22.7 Å². The number of benzene rings is 1. The quantitative estimate of drug-likeness (QED) is 0.599. The summed E-state index contributed by atoms with van der Waals surface area (Å²) in [4.78, 5) is 11.3. The van der Waals surface area contributed by atoms with Gasteiger partial charge in [-0.25, -0.2) is 0 Å². The second kappa shape index (κ2) is 6.86. The molecule has 1 aromatic carbocycles. The van der Waals surface area contributed by atoms with Gasteiger partial charge >= 0.3 is 6.18 Å². The minimum Gasteiger partial charge on any atom is -0.377 e. The summed E-state index contributed by atoms with van der Waals surface area (Å²) in [6.07, 6.45) is -3.02. The van der Waals surface area contributed by atoms with Crippen molar-refractivity contribution >= 4 is 26.7 Å². The maximum atomic E-state index is 12.5. The third-order valence-electron chi connectivity index (χ3n) is 2.27. The van der Waals surface area contributed by atoms with Crippen molar-refractivity contribution in [2.24, 2.45) is 0 Å². The van der Waals surface area contributed by atoms with Gasteiger partial charge in [0.1, 0.15) is 0 Å². The summed E-state index contributed by atoms with van der Waals surface area (Å²) < 4.78 is 42.3. The highest BCUT2D eigenvalue weighted by Gasteiger charge is 2.30. The Morgan fingerprint density at radius 1 is 1.42 bits per heavy atom. The molecule has 0 heterocycles. The Labute approximate surface area is 117 Å². The van der Waals surface area contributed by atoms with Gasteiger partial charge in [-0.05, 0) is 46.6 Å². The second-order valence-electron chi connectivity index (χ2n) is 3.70. The average Bonchev–Trinajstić information content (AvgIpc) is 2.33. The van der Waals surface area contributed by atoms with E-state index in [1.165, 1.54) is 18.2 Å². The molecule has 0 N–H and O–H groups in total. The summed E-state index contributed by atoms with van der Waals surface area (Å²) in [5.74, 6) is 0. The molecule has 0 aromatic heterocycles. The molecule has 6 heteroatoms. The predicted molar refractivity (Wildman–Crippen MR) is 69.8 cm³/mol. The Morgan fingerprint density at radius 3 is 2.63 bits per heavy atom. The third kappa shape index (κ3) is 5.16. The summed E-state index contributed by atoms with van der Waals surface area (Å²) in [5, 5.41) is 0. The van der Waals surface area contributed by atoms with Gasteiger partial charge in [0, 0.05) is 12.2 Å². The fourth-order valence-electron chi connectivity index (χ4n) is 1.37. The molecule has 2 nitrogen and oxygen atoms in total. The fraction of sp³-hybridized carbons (Fsp3) is 0.308. The maximum absolute atomic E-state index is 12.5. The molecule has 104 valence electrons. The zero-order valence-corrected chi connectivity index (χ0v) is 11.7. The number of alkyl halides is 3. The normalized spacial score (nSPS) is 12.6. The predicted octanol–water partition coefficient (Wildman–Crippen LogP) is 4.05. The van der Waals surface area contributed by atoms with Crippen LogP contribution in [0.25, 0.3) is 6.08 Å². The van der Waals surface area contributed by atoms with Crippen LogP contribution < -0.4 is 0 Å². The van der Waals surface area contributed by atoms with Crippen LogP contribution in [0, 0.1) is 0 Å². The van der Waals surface area contributed by atoms with Gasteiger partial charge in [0.05, 0.1) is 12.2 Å². The monoisotopic (exact) mass is 336 g/mol. The standard InChI is InChI=1S/C13H12BrF3O2/c1-2-19-8-10(12(14)18)6-9-4-3-5-11(7-9)13(15,16)17/h3-7H,2,8H2,1H3/b10-6+. The molecule has 0 unspecified atom stereocenters. The molecule has 0 aliphatic carbocycles. The number of carbonyl (C=O) groups is 1. The van der Waals surface area contributed by atoms with E-state index in [1.54, 1.807) is 6.92 Å². The highest BCUT2D eigenvalue weighted by atomic mass is 79.9. The summed E-state index contributed by atoms with van der Waals surface area (Å²) in [6, 6.07) is 4.76. The third-order valence-corrected chi connectivity index (χ3v) is 2.78. The molecule has 0 amide bonds. The zero-order valence-electron chi connectivity index (χ0n) is 10.1. The van der Waals surface area contributed by atoms with E-state index < -0.39 is 16.4 Å². The van der Waals surface area contributed by atoms with Crippen LogP contribution in [0.5, 0.6) is 0 Å². The van der Waals surface area contributed by atoms with Crippen LogP contribution in [0.4, 0.5) is 13.2 Å². The van der Waals surface area contributed by atoms with Crippen LogP contribution in [0.2, 0.25) is 0 Å². The van der Waals surface area contributed by atoms with Crippen molar-refractivity contribution in [1.82, 2.24) is 0 Å². The molecule has 1 rings (SSSR count). The van der Waals surface area contributed by atoms with E-state index in [1.807, 2.05) is 0 Å². The maximum Gasteiger partial charge on any atom is 0.416 e. The van der Waals surface area contributed by atoms with Crippen LogP contribution in [0.1, 0.15) is 18.1 Å². The van der Waals surface area contributed by atoms with E-state index >= 15 is 0 Å². The molecule has 0 spiro atoms. The average molecular weight is 337 g/mol. The van der Waals surface area contributed by atoms with Crippen LogP contribution in [-0.2, 0) is 15.7 Å². The van der Waals surface area contributed by atoms with Crippen LogP contribution in [0.15, 0.2) is 29.8 Å². The van der Waals surface area contributed by atoms with E-state index in [-0.39, 0.29) is 12.2 Å². The van der Waals surface area contributed by atoms with Gasteiger partial charge < -0.3 is 4.74 Å². The second-order valence-corrected chi connectivity index (χ2v) is 4.42. The zero-order chi connectivity index (χ0) is 14.5. The van der Waals surface area contributed by atoms with E-state index in [0.29, 0.717) is 12.2 Å². The van der Waals surface area contributed by atoms with Crippen molar-refractivity contribution in [3.63, 3.8) is 0 Å². The molecule has 0 bridgehead atoms. The number of hydrogen-bond donors (Lipinski definition) is 0. The topological polar surface area (TPSA) is 26.3 Å². The molecule has 0 atom stereocenters. The van der Waals surface area contributed by atoms with Gasteiger partial charge in [-0.2, -0.15) is 13.2 Å². The smallest absolute Gasteiger partial charge is 0.377 e. The first kappa shape index (κ1) is 15.9. The number of ether oxygens (including phenoxy) is 1. The minimum atomic E-state index is -4.40. The van der Waals surface area contributed by atoms with E-state index in [9.17, 15) is 18.0 Å². The van der Waals surface area contributed by atoms with Crippen LogP contribution in [-0.4, -0.2) is 17.9 Å². The lowest BCUT2D eigenvalue weighted by Crippen LogP contribution is -2.05. The molecule has 1 aromatic rings. The Balaban J connectivity index is 3.04. The van der Waals surface area contributed by atoms with E-state index in [2.05, 4.69) is 15.9 Å². The minimum absolute atomic E-state index is 0.0524. The highest BCUT2D eigenvalue weighted by Crippen LogP contribution is 2.30. The van der Waals surface area contributed by atoms with Gasteiger partial charge in [0.2, 0.25) is 4.69 Å². The number of hydrogen-bond acceptors (Lipinski definition) is 2. The molecule has 0 aliphatic heterocycles. The van der Waals surface area contributed by atoms with Crippen molar-refractivity contribution in [3.05, 3.63) is 41.0 Å². The van der Waals surface area contributed by atoms with E-state index in [0.717, 1.165) is 12.1 Å². The molecule has 0 radical (unpaired) electrons. The number of rotatable bonds is 5. The van der Waals surface area contributed by atoms with Gasteiger partial charge in [-0.15, -0.1) is 0 Å². The summed E-state index contributed by atoms with van der Waals surface area (Å²) in [7, 11) is 0. The first-order valence-corrected chi connectivity index (χ1v) is 6.29. The Morgan fingerprint density at radius 2 is 2.11 bits per heavy atom. The summed E-state index contributed by atoms with van der Waals surface area (Å²) in [6.45, 7) is 2.23. The van der Waals surface area contributed by atoms with Crippen molar-refractivity contribution in [3.8, 4) is 0 Å². The Kier molecular flexibility index (Phi) is 5.75. The van der Waals surface area contributed by atoms with Crippen LogP contribution in [0.3, 0.4) is 0 Å². The molecular weight excluding hydrogens is 325 g/mol. The SMILES string of the molecule is CCOC/C(=C\c1cccc(C(F)(F)F)c1)C(=O)Br. The Hall–Kier alpha value is -1.14. The first-order valence-electron chi connectivity index (χ1n) is 5.50. The fourth-order valence-corrected chi connectivity index (χ4v) is 1.60. The highest BCUT2D eigenvalue weighted by molar-refractivity contribution is 9.18. The lowest BCUT2D eigenvalue weighted by Gasteiger charge is -2.08. The van der Waals surface area contributed by atoms with Gasteiger partial charge in [-0.3, -0.25) is 4.79 Å². The Bertz CT molecular complexity index is 481. The number of halogens is 4. The summed E-state index contributed by atoms with van der Waals surface area (Å²) in [5.41, 5.74) is -0.183.